The topological polar surface area (TPSA) is 29.9 Å². The van der Waals surface area contributed by atoms with Gasteiger partial charge in [-0.1, -0.05) is 12.1 Å². The van der Waals surface area contributed by atoms with Crippen molar-refractivity contribution in [3.63, 3.8) is 0 Å². The molecule has 1 atom stereocenters. The highest BCUT2D eigenvalue weighted by Gasteiger charge is 2.45. The van der Waals surface area contributed by atoms with E-state index in [4.69, 9.17) is 0 Å². The van der Waals surface area contributed by atoms with Crippen LogP contribution in [-0.2, 0) is 12.6 Å². The standard InChI is InChI=1S/C15H18FN3/c1-11(14-9-17-10-19(14)2)18-15(6-7-15)12-4-3-5-13(16)8-12/h3-5,8-11,18H,6-7H2,1-2H3/t11-/m0/s1. The number of hydrogen-bond donors (Lipinski definition) is 1. The van der Waals surface area contributed by atoms with Crippen LogP contribution in [0.3, 0.4) is 0 Å². The summed E-state index contributed by atoms with van der Waals surface area (Å²) >= 11 is 0. The number of benzene rings is 1. The van der Waals surface area contributed by atoms with Gasteiger partial charge in [0.15, 0.2) is 0 Å². The molecule has 1 heterocycles. The van der Waals surface area contributed by atoms with Gasteiger partial charge in [-0.3, -0.25) is 5.32 Å². The fourth-order valence-corrected chi connectivity index (χ4v) is 2.70. The molecule has 3 nitrogen and oxygen atoms in total. The number of aryl methyl sites for hydroxylation is 1. The van der Waals surface area contributed by atoms with Gasteiger partial charge in [0.2, 0.25) is 0 Å². The molecule has 0 spiro atoms. The van der Waals surface area contributed by atoms with E-state index < -0.39 is 0 Å². The molecule has 4 heteroatoms. The second-order valence-electron chi connectivity index (χ2n) is 5.39. The fraction of sp³-hybridized carbons (Fsp3) is 0.400. The van der Waals surface area contributed by atoms with E-state index in [1.165, 1.54) is 6.07 Å². The summed E-state index contributed by atoms with van der Waals surface area (Å²) in [5, 5.41) is 3.63. The first-order chi connectivity index (χ1) is 9.11. The molecule has 1 aromatic heterocycles. The van der Waals surface area contributed by atoms with Crippen LogP contribution >= 0.6 is 0 Å². The van der Waals surface area contributed by atoms with E-state index in [9.17, 15) is 4.39 Å². The Kier molecular flexibility index (Phi) is 2.90. The quantitative estimate of drug-likeness (QED) is 0.915. The summed E-state index contributed by atoms with van der Waals surface area (Å²) in [6.07, 6.45) is 5.78. The number of halogens is 1. The van der Waals surface area contributed by atoms with Gasteiger partial charge in [0, 0.05) is 24.8 Å². The Labute approximate surface area is 112 Å². The molecule has 19 heavy (non-hydrogen) atoms. The van der Waals surface area contributed by atoms with Gasteiger partial charge in [0.05, 0.1) is 12.0 Å². The Morgan fingerprint density at radius 1 is 1.42 bits per heavy atom. The number of hydrogen-bond acceptors (Lipinski definition) is 2. The summed E-state index contributed by atoms with van der Waals surface area (Å²) in [5.74, 6) is -0.168. The normalized spacial score (nSPS) is 18.3. The summed E-state index contributed by atoms with van der Waals surface area (Å²) in [4.78, 5) is 4.14. The number of imidazole rings is 1. The Bertz CT molecular complexity index is 587. The number of nitrogens with zero attached hydrogens (tertiary/aromatic N) is 2. The maximum Gasteiger partial charge on any atom is 0.123 e. The van der Waals surface area contributed by atoms with Crippen LogP contribution in [-0.4, -0.2) is 9.55 Å². The molecular formula is C15H18FN3. The van der Waals surface area contributed by atoms with Gasteiger partial charge in [-0.15, -0.1) is 0 Å². The minimum Gasteiger partial charge on any atom is -0.336 e. The number of rotatable bonds is 4. The molecule has 0 amide bonds. The van der Waals surface area contributed by atoms with E-state index in [2.05, 4.69) is 17.2 Å². The van der Waals surface area contributed by atoms with Crippen LogP contribution in [0.1, 0.15) is 37.1 Å². The summed E-state index contributed by atoms with van der Waals surface area (Å²) in [7, 11) is 1.99. The van der Waals surface area contributed by atoms with Crippen molar-refractivity contribution >= 4 is 0 Å². The molecule has 3 rings (SSSR count). The second-order valence-corrected chi connectivity index (χ2v) is 5.39. The fourth-order valence-electron chi connectivity index (χ4n) is 2.70. The average molecular weight is 259 g/mol. The Morgan fingerprint density at radius 3 is 2.79 bits per heavy atom. The van der Waals surface area contributed by atoms with Crippen molar-refractivity contribution in [2.45, 2.75) is 31.3 Å². The first kappa shape index (κ1) is 12.4. The van der Waals surface area contributed by atoms with Crippen molar-refractivity contribution in [3.8, 4) is 0 Å². The van der Waals surface area contributed by atoms with Crippen molar-refractivity contribution < 1.29 is 4.39 Å². The van der Waals surface area contributed by atoms with Gasteiger partial charge >= 0.3 is 0 Å². The van der Waals surface area contributed by atoms with Crippen molar-refractivity contribution in [1.29, 1.82) is 0 Å². The van der Waals surface area contributed by atoms with E-state index in [-0.39, 0.29) is 17.4 Å². The molecule has 0 aliphatic heterocycles. The van der Waals surface area contributed by atoms with Crippen LogP contribution in [0.15, 0.2) is 36.8 Å². The molecule has 0 unspecified atom stereocenters. The van der Waals surface area contributed by atoms with Crippen LogP contribution in [0.5, 0.6) is 0 Å². The summed E-state index contributed by atoms with van der Waals surface area (Å²) in [6.45, 7) is 2.12. The van der Waals surface area contributed by atoms with Gasteiger partial charge in [-0.05, 0) is 37.5 Å². The zero-order valence-corrected chi connectivity index (χ0v) is 11.2. The first-order valence-corrected chi connectivity index (χ1v) is 6.61. The predicted molar refractivity (Wildman–Crippen MR) is 72.1 cm³/mol. The van der Waals surface area contributed by atoms with Gasteiger partial charge in [-0.25, -0.2) is 9.37 Å². The molecule has 2 aromatic rings. The summed E-state index contributed by atoms with van der Waals surface area (Å²) < 4.78 is 15.4. The monoisotopic (exact) mass is 259 g/mol. The zero-order valence-electron chi connectivity index (χ0n) is 11.2. The predicted octanol–water partition coefficient (Wildman–Crippen LogP) is 2.90. The molecule has 0 saturated heterocycles. The second kappa shape index (κ2) is 4.46. The lowest BCUT2D eigenvalue weighted by Gasteiger charge is -2.23. The van der Waals surface area contributed by atoms with Crippen molar-refractivity contribution in [2.75, 3.05) is 0 Å². The van der Waals surface area contributed by atoms with Crippen LogP contribution < -0.4 is 5.32 Å². The number of nitrogens with one attached hydrogen (secondary N) is 1. The molecule has 1 N–H and O–H groups in total. The SMILES string of the molecule is C[C@H](NC1(c2cccc(F)c2)CC1)c1cncn1C. The van der Waals surface area contributed by atoms with Gasteiger partial charge < -0.3 is 4.57 Å². The summed E-state index contributed by atoms with van der Waals surface area (Å²) in [6, 6.07) is 7.10. The maximum absolute atomic E-state index is 13.4. The molecule has 1 aliphatic carbocycles. The summed E-state index contributed by atoms with van der Waals surface area (Å²) in [5.41, 5.74) is 2.12. The van der Waals surface area contributed by atoms with Crippen molar-refractivity contribution in [2.24, 2.45) is 7.05 Å². The highest BCUT2D eigenvalue weighted by molar-refractivity contribution is 5.31. The van der Waals surface area contributed by atoms with E-state index in [0.717, 1.165) is 24.1 Å². The number of aromatic nitrogens is 2. The highest BCUT2D eigenvalue weighted by atomic mass is 19.1. The first-order valence-electron chi connectivity index (χ1n) is 6.61. The third-order valence-electron chi connectivity index (χ3n) is 3.92. The minimum absolute atomic E-state index is 0.0637. The van der Waals surface area contributed by atoms with E-state index in [1.807, 2.05) is 23.9 Å². The minimum atomic E-state index is -0.168. The van der Waals surface area contributed by atoms with E-state index in [1.54, 1.807) is 18.5 Å². The lowest BCUT2D eigenvalue weighted by Crippen LogP contribution is -2.32. The van der Waals surface area contributed by atoms with Crippen LogP contribution in [0.25, 0.3) is 0 Å². The van der Waals surface area contributed by atoms with Gasteiger partial charge in [0.25, 0.3) is 0 Å². The van der Waals surface area contributed by atoms with Crippen LogP contribution in [0.4, 0.5) is 4.39 Å². The van der Waals surface area contributed by atoms with E-state index in [0.29, 0.717) is 0 Å². The molecule has 0 bridgehead atoms. The Morgan fingerprint density at radius 2 is 2.21 bits per heavy atom. The molecule has 100 valence electrons. The van der Waals surface area contributed by atoms with Crippen LogP contribution in [0.2, 0.25) is 0 Å². The maximum atomic E-state index is 13.4. The molecule has 1 fully saturated rings. The largest absolute Gasteiger partial charge is 0.336 e. The molecule has 1 saturated carbocycles. The van der Waals surface area contributed by atoms with E-state index >= 15 is 0 Å². The Balaban J connectivity index is 1.81. The highest BCUT2D eigenvalue weighted by Crippen LogP contribution is 2.47. The third-order valence-corrected chi connectivity index (χ3v) is 3.92. The smallest absolute Gasteiger partial charge is 0.123 e. The lowest BCUT2D eigenvalue weighted by atomic mass is 10.0. The van der Waals surface area contributed by atoms with Crippen molar-refractivity contribution in [1.82, 2.24) is 14.9 Å². The zero-order chi connectivity index (χ0) is 13.5. The molecule has 1 aliphatic rings. The average Bonchev–Trinajstić information content (AvgIpc) is 3.03. The molecular weight excluding hydrogens is 241 g/mol. The Hall–Kier alpha value is -1.68. The molecule has 1 aromatic carbocycles. The lowest BCUT2D eigenvalue weighted by molar-refractivity contribution is 0.435. The van der Waals surface area contributed by atoms with Crippen molar-refractivity contribution in [3.05, 3.63) is 53.9 Å². The van der Waals surface area contributed by atoms with Crippen LogP contribution in [0, 0.1) is 5.82 Å². The molecule has 0 radical (unpaired) electrons. The van der Waals surface area contributed by atoms with Gasteiger partial charge in [0.1, 0.15) is 5.82 Å². The van der Waals surface area contributed by atoms with Gasteiger partial charge in [-0.2, -0.15) is 0 Å². The third kappa shape index (κ3) is 2.28.